The molecule has 0 aliphatic heterocycles. The van der Waals surface area contributed by atoms with E-state index in [-0.39, 0.29) is 11.9 Å². The number of halogens is 2. The van der Waals surface area contributed by atoms with Gasteiger partial charge in [0.25, 0.3) is 0 Å². The van der Waals surface area contributed by atoms with Gasteiger partial charge in [0.2, 0.25) is 5.28 Å². The lowest BCUT2D eigenvalue weighted by Crippen LogP contribution is -1.98. The minimum Gasteiger partial charge on any atom is -0.396 e. The fourth-order valence-electron chi connectivity index (χ4n) is 1.83. The number of unbranched alkanes of at least 4 members (excludes halogenated alkanes) is 3. The molecular formula is C11H14Cl2N4O. The molecule has 98 valence electrons. The summed E-state index contributed by atoms with van der Waals surface area (Å²) in [5.41, 5.74) is 1.25. The number of fused-ring (bicyclic) bond motifs is 1. The Bertz CT molecular complexity index is 529. The summed E-state index contributed by atoms with van der Waals surface area (Å²) >= 11 is 11.8. The third kappa shape index (κ3) is 3.10. The van der Waals surface area contributed by atoms with Gasteiger partial charge in [-0.25, -0.2) is 9.97 Å². The molecule has 0 saturated heterocycles. The van der Waals surface area contributed by atoms with Gasteiger partial charge in [0.1, 0.15) is 5.52 Å². The molecule has 0 bridgehead atoms. The maximum atomic E-state index is 8.69. The zero-order chi connectivity index (χ0) is 13.0. The predicted molar refractivity (Wildman–Crippen MR) is 70.9 cm³/mol. The second-order valence-electron chi connectivity index (χ2n) is 4.03. The molecule has 0 unspecified atom stereocenters. The van der Waals surface area contributed by atoms with Gasteiger partial charge in [0, 0.05) is 13.2 Å². The number of rotatable bonds is 6. The van der Waals surface area contributed by atoms with E-state index in [1.54, 1.807) is 6.33 Å². The molecule has 0 aliphatic carbocycles. The summed E-state index contributed by atoms with van der Waals surface area (Å²) in [4.78, 5) is 12.1. The summed E-state index contributed by atoms with van der Waals surface area (Å²) in [5, 5.41) is 9.13. The van der Waals surface area contributed by atoms with Crippen LogP contribution in [-0.4, -0.2) is 31.2 Å². The van der Waals surface area contributed by atoms with Gasteiger partial charge in [-0.1, -0.05) is 24.4 Å². The second-order valence-corrected chi connectivity index (χ2v) is 4.73. The van der Waals surface area contributed by atoms with Gasteiger partial charge >= 0.3 is 0 Å². The third-order valence-electron chi connectivity index (χ3n) is 2.71. The van der Waals surface area contributed by atoms with Crippen LogP contribution < -0.4 is 0 Å². The quantitative estimate of drug-likeness (QED) is 0.504. The SMILES string of the molecule is OCCCCCCn1cnc2nc(Cl)nc(Cl)c21. The summed E-state index contributed by atoms with van der Waals surface area (Å²) in [6, 6.07) is 0. The van der Waals surface area contributed by atoms with Crippen LogP contribution >= 0.6 is 23.2 Å². The van der Waals surface area contributed by atoms with E-state index in [4.69, 9.17) is 28.3 Å². The largest absolute Gasteiger partial charge is 0.396 e. The average Bonchev–Trinajstić information content (AvgIpc) is 2.72. The first-order chi connectivity index (χ1) is 8.72. The Balaban J connectivity index is 2.05. The number of aromatic nitrogens is 4. The summed E-state index contributed by atoms with van der Waals surface area (Å²) in [7, 11) is 0. The highest BCUT2D eigenvalue weighted by molar-refractivity contribution is 6.35. The zero-order valence-corrected chi connectivity index (χ0v) is 11.3. The van der Waals surface area contributed by atoms with E-state index in [9.17, 15) is 0 Å². The molecule has 1 N–H and O–H groups in total. The van der Waals surface area contributed by atoms with Crippen LogP contribution in [0.25, 0.3) is 11.2 Å². The Kier molecular flexibility index (Phi) is 4.74. The van der Waals surface area contributed by atoms with Crippen molar-refractivity contribution in [3.63, 3.8) is 0 Å². The van der Waals surface area contributed by atoms with Crippen molar-refractivity contribution in [2.24, 2.45) is 0 Å². The molecule has 2 aromatic heterocycles. The Morgan fingerprint density at radius 1 is 1.11 bits per heavy atom. The first-order valence-electron chi connectivity index (χ1n) is 5.87. The average molecular weight is 289 g/mol. The minimum absolute atomic E-state index is 0.112. The maximum Gasteiger partial charge on any atom is 0.225 e. The molecule has 2 heterocycles. The Labute approximate surface area is 115 Å². The van der Waals surface area contributed by atoms with Crippen molar-refractivity contribution in [1.82, 2.24) is 19.5 Å². The fourth-order valence-corrected chi connectivity index (χ4v) is 2.31. The molecule has 0 spiro atoms. The molecule has 0 radical (unpaired) electrons. The Hall–Kier alpha value is -0.910. The van der Waals surface area contributed by atoms with E-state index in [0.717, 1.165) is 37.7 Å². The lowest BCUT2D eigenvalue weighted by Gasteiger charge is -2.04. The molecule has 0 amide bonds. The monoisotopic (exact) mass is 288 g/mol. The number of imidazole rings is 1. The first kappa shape index (κ1) is 13.5. The van der Waals surface area contributed by atoms with Gasteiger partial charge in [-0.05, 0) is 24.4 Å². The fraction of sp³-hybridized carbons (Fsp3) is 0.545. The molecule has 0 aliphatic rings. The molecule has 2 rings (SSSR count). The van der Waals surface area contributed by atoms with E-state index in [1.807, 2.05) is 4.57 Å². The van der Waals surface area contributed by atoms with Gasteiger partial charge in [-0.15, -0.1) is 0 Å². The molecule has 0 fully saturated rings. The van der Waals surface area contributed by atoms with Crippen LogP contribution in [0.5, 0.6) is 0 Å². The van der Waals surface area contributed by atoms with Gasteiger partial charge in [-0.2, -0.15) is 4.98 Å². The van der Waals surface area contributed by atoms with Crippen LogP contribution in [0, 0.1) is 0 Å². The topological polar surface area (TPSA) is 63.8 Å². The van der Waals surface area contributed by atoms with Gasteiger partial charge in [-0.3, -0.25) is 0 Å². The molecular weight excluding hydrogens is 275 g/mol. The van der Waals surface area contributed by atoms with Crippen LogP contribution in [0.2, 0.25) is 10.4 Å². The van der Waals surface area contributed by atoms with E-state index in [0.29, 0.717) is 10.8 Å². The minimum atomic E-state index is 0.112. The summed E-state index contributed by atoms with van der Waals surface area (Å²) in [6.45, 7) is 1.07. The van der Waals surface area contributed by atoms with Gasteiger partial charge in [0.05, 0.1) is 6.33 Å². The molecule has 2 aromatic rings. The molecule has 18 heavy (non-hydrogen) atoms. The summed E-state index contributed by atoms with van der Waals surface area (Å²) < 4.78 is 1.94. The molecule has 7 heteroatoms. The standard InChI is InChI=1S/C11H14Cl2N4O/c12-9-8-10(16-11(13)15-9)14-7-17(8)5-3-1-2-4-6-18/h7,18H,1-6H2. The summed E-state index contributed by atoms with van der Waals surface area (Å²) in [6.07, 6.45) is 5.65. The molecule has 0 atom stereocenters. The normalized spacial score (nSPS) is 11.3. The molecule has 5 nitrogen and oxygen atoms in total. The highest BCUT2D eigenvalue weighted by atomic mass is 35.5. The van der Waals surface area contributed by atoms with Crippen molar-refractivity contribution in [3.8, 4) is 0 Å². The first-order valence-corrected chi connectivity index (χ1v) is 6.62. The third-order valence-corrected chi connectivity index (χ3v) is 3.14. The van der Waals surface area contributed by atoms with Crippen LogP contribution in [0.1, 0.15) is 25.7 Å². The van der Waals surface area contributed by atoms with E-state index in [1.165, 1.54) is 0 Å². The number of aryl methyl sites for hydroxylation is 1. The van der Waals surface area contributed by atoms with Crippen molar-refractivity contribution >= 4 is 34.4 Å². The van der Waals surface area contributed by atoms with Crippen LogP contribution in [0.4, 0.5) is 0 Å². The maximum absolute atomic E-state index is 8.69. The van der Waals surface area contributed by atoms with Gasteiger partial charge < -0.3 is 9.67 Å². The lowest BCUT2D eigenvalue weighted by atomic mass is 10.2. The lowest BCUT2D eigenvalue weighted by molar-refractivity contribution is 0.282. The molecule has 0 saturated carbocycles. The second kappa shape index (κ2) is 6.31. The number of nitrogens with zero attached hydrogens (tertiary/aromatic N) is 4. The van der Waals surface area contributed by atoms with Crippen LogP contribution in [-0.2, 0) is 6.54 Å². The number of hydrogen-bond acceptors (Lipinski definition) is 4. The highest BCUT2D eigenvalue weighted by Crippen LogP contribution is 2.21. The Morgan fingerprint density at radius 2 is 1.89 bits per heavy atom. The van der Waals surface area contributed by atoms with E-state index >= 15 is 0 Å². The number of hydrogen-bond donors (Lipinski definition) is 1. The number of aliphatic hydroxyl groups excluding tert-OH is 1. The summed E-state index contributed by atoms with van der Waals surface area (Å²) in [5.74, 6) is 0. The van der Waals surface area contributed by atoms with E-state index < -0.39 is 0 Å². The zero-order valence-electron chi connectivity index (χ0n) is 9.81. The highest BCUT2D eigenvalue weighted by Gasteiger charge is 2.10. The van der Waals surface area contributed by atoms with Crippen LogP contribution in [0.3, 0.4) is 0 Å². The van der Waals surface area contributed by atoms with Crippen molar-refractivity contribution in [1.29, 1.82) is 0 Å². The predicted octanol–water partition coefficient (Wildman–Crippen LogP) is 2.69. The van der Waals surface area contributed by atoms with Crippen LogP contribution in [0.15, 0.2) is 6.33 Å². The smallest absolute Gasteiger partial charge is 0.225 e. The number of aliphatic hydroxyl groups is 1. The van der Waals surface area contributed by atoms with Crippen molar-refractivity contribution in [2.75, 3.05) is 6.61 Å². The molecule has 0 aromatic carbocycles. The Morgan fingerprint density at radius 3 is 2.67 bits per heavy atom. The van der Waals surface area contributed by atoms with Crippen molar-refractivity contribution in [3.05, 3.63) is 16.8 Å². The van der Waals surface area contributed by atoms with Crippen molar-refractivity contribution in [2.45, 2.75) is 32.2 Å². The van der Waals surface area contributed by atoms with Crippen molar-refractivity contribution < 1.29 is 5.11 Å². The van der Waals surface area contributed by atoms with Gasteiger partial charge in [0.15, 0.2) is 10.8 Å². The van der Waals surface area contributed by atoms with E-state index in [2.05, 4.69) is 15.0 Å².